The number of carbonyl (C=O) groups excluding carboxylic acids is 2. The second kappa shape index (κ2) is 7.76. The fourth-order valence-electron chi connectivity index (χ4n) is 3.32. The summed E-state index contributed by atoms with van der Waals surface area (Å²) >= 11 is 0. The van der Waals surface area contributed by atoms with Gasteiger partial charge in [0.1, 0.15) is 17.5 Å². The Morgan fingerprint density at radius 1 is 1.15 bits per heavy atom. The van der Waals surface area contributed by atoms with Crippen LogP contribution in [-0.2, 0) is 9.53 Å². The molecule has 2 aliphatic heterocycles. The van der Waals surface area contributed by atoms with Crippen molar-refractivity contribution in [3.05, 3.63) is 24.3 Å². The molecule has 2 heterocycles. The van der Waals surface area contributed by atoms with E-state index in [0.29, 0.717) is 19.6 Å². The quantitative estimate of drug-likeness (QED) is 0.877. The minimum Gasteiger partial charge on any atom is -0.490 e. The molecular weight excluding hydrogens is 348 g/mol. The van der Waals surface area contributed by atoms with Gasteiger partial charge in [0.25, 0.3) is 0 Å². The van der Waals surface area contributed by atoms with Crippen molar-refractivity contribution >= 4 is 17.7 Å². The summed E-state index contributed by atoms with van der Waals surface area (Å²) in [4.78, 5) is 27.3. The second-order valence-corrected chi connectivity index (χ2v) is 8.14. The maximum Gasteiger partial charge on any atom is 0.410 e. The Morgan fingerprint density at radius 2 is 1.78 bits per heavy atom. The zero-order valence-corrected chi connectivity index (χ0v) is 16.2. The zero-order chi connectivity index (χ0) is 19.6. The van der Waals surface area contributed by atoms with Crippen molar-refractivity contribution in [3.63, 3.8) is 0 Å². The van der Waals surface area contributed by atoms with E-state index in [1.807, 2.05) is 45.0 Å². The summed E-state index contributed by atoms with van der Waals surface area (Å²) in [7, 11) is 0. The molecule has 0 spiro atoms. The molecule has 2 saturated heterocycles. The molecule has 0 aromatic heterocycles. The van der Waals surface area contributed by atoms with Crippen molar-refractivity contribution < 1.29 is 24.2 Å². The first-order chi connectivity index (χ1) is 12.7. The molecular formula is C20H28N2O5. The van der Waals surface area contributed by atoms with E-state index in [0.717, 1.165) is 24.3 Å². The van der Waals surface area contributed by atoms with E-state index in [2.05, 4.69) is 0 Å². The number of anilines is 1. The average Bonchev–Trinajstić information content (AvgIpc) is 2.93. The minimum atomic E-state index is -0.594. The molecule has 1 unspecified atom stereocenters. The standard InChI is InChI=1S/C20H28N2O5/c1-20(2,3)27-19(25)21-10-8-17(9-11-21)26-16-6-4-14(5-7-16)22-13-15(23)12-18(22)24/h4-7,15,17,23H,8-13H2,1-3H3. The number of ether oxygens (including phenoxy) is 2. The van der Waals surface area contributed by atoms with Crippen molar-refractivity contribution in [2.45, 2.75) is 57.8 Å². The Kier molecular flexibility index (Phi) is 5.60. The highest BCUT2D eigenvalue weighted by Gasteiger charge is 2.30. The zero-order valence-electron chi connectivity index (χ0n) is 16.2. The second-order valence-electron chi connectivity index (χ2n) is 8.14. The summed E-state index contributed by atoms with van der Waals surface area (Å²) in [6.07, 6.45) is 0.848. The average molecular weight is 376 g/mol. The molecule has 3 rings (SSSR count). The Balaban J connectivity index is 1.49. The van der Waals surface area contributed by atoms with E-state index in [1.54, 1.807) is 9.80 Å². The van der Waals surface area contributed by atoms with Crippen LogP contribution in [0, 0.1) is 0 Å². The number of piperidine rings is 1. The predicted octanol–water partition coefficient (Wildman–Crippen LogP) is 2.56. The van der Waals surface area contributed by atoms with Crippen LogP contribution in [0.1, 0.15) is 40.0 Å². The van der Waals surface area contributed by atoms with Crippen LogP contribution in [-0.4, -0.2) is 59.5 Å². The molecule has 7 heteroatoms. The van der Waals surface area contributed by atoms with E-state index in [9.17, 15) is 14.7 Å². The van der Waals surface area contributed by atoms with E-state index < -0.39 is 11.7 Å². The van der Waals surface area contributed by atoms with E-state index in [4.69, 9.17) is 9.47 Å². The number of benzene rings is 1. The van der Waals surface area contributed by atoms with Gasteiger partial charge in [-0.3, -0.25) is 4.79 Å². The molecule has 1 aromatic carbocycles. The number of β-amino-alcohol motifs (C(OH)–C–C–N with tert-alkyl or cyclic N) is 1. The number of likely N-dealkylation sites (tertiary alicyclic amines) is 1. The normalized spacial score (nSPS) is 21.5. The molecule has 0 aliphatic carbocycles. The van der Waals surface area contributed by atoms with E-state index in [1.165, 1.54) is 0 Å². The molecule has 27 heavy (non-hydrogen) atoms. The van der Waals surface area contributed by atoms with E-state index in [-0.39, 0.29) is 24.5 Å². The van der Waals surface area contributed by atoms with Gasteiger partial charge >= 0.3 is 6.09 Å². The van der Waals surface area contributed by atoms with Gasteiger partial charge in [-0.05, 0) is 45.0 Å². The van der Waals surface area contributed by atoms with Crippen molar-refractivity contribution in [2.24, 2.45) is 0 Å². The SMILES string of the molecule is CC(C)(C)OC(=O)N1CCC(Oc2ccc(N3CC(O)CC3=O)cc2)CC1. The van der Waals surface area contributed by atoms with Crippen molar-refractivity contribution in [3.8, 4) is 5.75 Å². The molecule has 148 valence electrons. The fourth-order valence-corrected chi connectivity index (χ4v) is 3.32. The van der Waals surface area contributed by atoms with Gasteiger partial charge in [-0.15, -0.1) is 0 Å². The van der Waals surface area contributed by atoms with Crippen LogP contribution in [0.15, 0.2) is 24.3 Å². The van der Waals surface area contributed by atoms with Gasteiger partial charge in [-0.1, -0.05) is 0 Å². The summed E-state index contributed by atoms with van der Waals surface area (Å²) in [5.41, 5.74) is 0.280. The number of hydrogen-bond acceptors (Lipinski definition) is 5. The lowest BCUT2D eigenvalue weighted by Crippen LogP contribution is -2.44. The number of rotatable bonds is 3. The fraction of sp³-hybridized carbons (Fsp3) is 0.600. The molecule has 1 N–H and O–H groups in total. The largest absolute Gasteiger partial charge is 0.490 e. The van der Waals surface area contributed by atoms with Crippen LogP contribution in [0.5, 0.6) is 5.75 Å². The lowest BCUT2D eigenvalue weighted by Gasteiger charge is -2.33. The highest BCUT2D eigenvalue weighted by atomic mass is 16.6. The first-order valence-electron chi connectivity index (χ1n) is 9.44. The lowest BCUT2D eigenvalue weighted by molar-refractivity contribution is -0.117. The lowest BCUT2D eigenvalue weighted by atomic mass is 10.1. The molecule has 0 bridgehead atoms. The van der Waals surface area contributed by atoms with Crippen molar-refractivity contribution in [2.75, 3.05) is 24.5 Å². The third-order valence-corrected chi connectivity index (χ3v) is 4.65. The Morgan fingerprint density at radius 3 is 2.30 bits per heavy atom. The Hall–Kier alpha value is -2.28. The highest BCUT2D eigenvalue weighted by Crippen LogP contribution is 2.26. The first-order valence-corrected chi connectivity index (χ1v) is 9.44. The summed E-state index contributed by atoms with van der Waals surface area (Å²) in [6.45, 7) is 7.14. The molecule has 2 aliphatic rings. The van der Waals surface area contributed by atoms with Crippen LogP contribution >= 0.6 is 0 Å². The molecule has 0 saturated carbocycles. The topological polar surface area (TPSA) is 79.3 Å². The maximum atomic E-state index is 12.1. The number of hydrogen-bond donors (Lipinski definition) is 1. The maximum absolute atomic E-state index is 12.1. The van der Waals surface area contributed by atoms with Crippen LogP contribution in [0.4, 0.5) is 10.5 Å². The Labute approximate surface area is 159 Å². The third-order valence-electron chi connectivity index (χ3n) is 4.65. The van der Waals surface area contributed by atoms with Crippen LogP contribution in [0.25, 0.3) is 0 Å². The predicted molar refractivity (Wildman–Crippen MR) is 101 cm³/mol. The van der Waals surface area contributed by atoms with Crippen LogP contribution in [0.2, 0.25) is 0 Å². The molecule has 2 amide bonds. The van der Waals surface area contributed by atoms with Crippen molar-refractivity contribution in [1.29, 1.82) is 0 Å². The summed E-state index contributed by atoms with van der Waals surface area (Å²) in [5.74, 6) is 0.673. The smallest absolute Gasteiger partial charge is 0.410 e. The number of carbonyl (C=O) groups is 2. The number of amides is 2. The van der Waals surface area contributed by atoms with Gasteiger partial charge in [0, 0.05) is 31.6 Å². The van der Waals surface area contributed by atoms with Gasteiger partial charge in [0.05, 0.1) is 19.1 Å². The van der Waals surface area contributed by atoms with Crippen LogP contribution in [0.3, 0.4) is 0 Å². The van der Waals surface area contributed by atoms with Gasteiger partial charge < -0.3 is 24.4 Å². The molecule has 1 atom stereocenters. The number of aliphatic hydroxyl groups is 1. The summed E-state index contributed by atoms with van der Waals surface area (Å²) < 4.78 is 11.4. The first kappa shape index (κ1) is 19.5. The molecule has 1 aromatic rings. The highest BCUT2D eigenvalue weighted by molar-refractivity contribution is 5.96. The molecule has 2 fully saturated rings. The van der Waals surface area contributed by atoms with Gasteiger partial charge in [-0.25, -0.2) is 4.79 Å². The molecule has 7 nitrogen and oxygen atoms in total. The van der Waals surface area contributed by atoms with E-state index >= 15 is 0 Å². The summed E-state index contributed by atoms with van der Waals surface area (Å²) in [6, 6.07) is 7.35. The Bertz CT molecular complexity index is 675. The van der Waals surface area contributed by atoms with Crippen LogP contribution < -0.4 is 9.64 Å². The van der Waals surface area contributed by atoms with Crippen molar-refractivity contribution in [1.82, 2.24) is 4.90 Å². The molecule has 0 radical (unpaired) electrons. The van der Waals surface area contributed by atoms with Gasteiger partial charge in [-0.2, -0.15) is 0 Å². The van der Waals surface area contributed by atoms with Gasteiger partial charge in [0.2, 0.25) is 5.91 Å². The third kappa shape index (κ3) is 5.13. The van der Waals surface area contributed by atoms with Gasteiger partial charge in [0.15, 0.2) is 0 Å². The minimum absolute atomic E-state index is 0.0461. The summed E-state index contributed by atoms with van der Waals surface area (Å²) in [5, 5.41) is 9.60. The monoisotopic (exact) mass is 376 g/mol. The number of aliphatic hydroxyl groups excluding tert-OH is 1. The number of nitrogens with zero attached hydrogens (tertiary/aromatic N) is 2.